The molecule has 2 fully saturated rings. The van der Waals surface area contributed by atoms with Gasteiger partial charge in [-0.2, -0.15) is 13.2 Å². The summed E-state index contributed by atoms with van der Waals surface area (Å²) in [5.41, 5.74) is -1.80. The molecule has 0 radical (unpaired) electrons. The maximum absolute atomic E-state index is 14.8. The van der Waals surface area contributed by atoms with Crippen LogP contribution in [0.25, 0.3) is 0 Å². The monoisotopic (exact) mass is 584 g/mol. The van der Waals surface area contributed by atoms with Crippen LogP contribution < -0.4 is 20.1 Å². The van der Waals surface area contributed by atoms with Gasteiger partial charge in [0.25, 0.3) is 5.91 Å². The number of carbonyl (C=O) groups is 3. The first-order valence-corrected chi connectivity index (χ1v) is 13.1. The molecule has 2 amide bonds. The third kappa shape index (κ3) is 7.06. The average molecular weight is 585 g/mol. The highest BCUT2D eigenvalue weighted by Gasteiger charge is 2.37. The number of amides is 2. The van der Waals surface area contributed by atoms with Crippen molar-refractivity contribution in [3.8, 4) is 11.5 Å². The van der Waals surface area contributed by atoms with Crippen molar-refractivity contribution in [1.82, 2.24) is 5.32 Å². The Kier molecular flexibility index (Phi) is 9.03. The largest absolute Gasteiger partial charge is 0.496 e. The van der Waals surface area contributed by atoms with E-state index in [2.05, 4.69) is 10.6 Å². The van der Waals surface area contributed by atoms with Crippen LogP contribution in [0.2, 0.25) is 0 Å². The van der Waals surface area contributed by atoms with Gasteiger partial charge in [0.05, 0.1) is 36.2 Å². The molecular weight excluding hydrogens is 555 g/mol. The summed E-state index contributed by atoms with van der Waals surface area (Å²) in [7, 11) is 1.25. The second-order valence-electron chi connectivity index (χ2n) is 10.2. The molecule has 0 aromatic heterocycles. The Labute approximate surface area is 232 Å². The lowest BCUT2D eigenvalue weighted by Gasteiger charge is -2.27. The van der Waals surface area contributed by atoms with Crippen molar-refractivity contribution in [2.75, 3.05) is 12.4 Å². The van der Waals surface area contributed by atoms with Gasteiger partial charge in [-0.05, 0) is 62.8 Å². The molecule has 8 nitrogen and oxygen atoms in total. The van der Waals surface area contributed by atoms with Crippen LogP contribution in [-0.2, 0) is 15.8 Å². The summed E-state index contributed by atoms with van der Waals surface area (Å²) < 4.78 is 78.5. The lowest BCUT2D eigenvalue weighted by molar-refractivity contribution is -0.143. The van der Waals surface area contributed by atoms with Gasteiger partial charge in [-0.3, -0.25) is 14.4 Å². The van der Waals surface area contributed by atoms with Crippen molar-refractivity contribution in [2.45, 2.75) is 63.3 Å². The molecule has 4 rings (SSSR count). The Morgan fingerprint density at radius 1 is 0.927 bits per heavy atom. The van der Waals surface area contributed by atoms with E-state index in [-0.39, 0.29) is 22.7 Å². The smallest absolute Gasteiger partial charge is 0.419 e. The molecule has 2 aromatic carbocycles. The molecule has 2 saturated carbocycles. The Morgan fingerprint density at radius 2 is 1.63 bits per heavy atom. The fourth-order valence-corrected chi connectivity index (χ4v) is 5.33. The van der Waals surface area contributed by atoms with Crippen molar-refractivity contribution >= 4 is 23.5 Å². The van der Waals surface area contributed by atoms with Gasteiger partial charge in [0, 0.05) is 17.8 Å². The molecule has 13 heteroatoms. The second-order valence-corrected chi connectivity index (χ2v) is 10.2. The number of halogens is 5. The molecule has 2 atom stereocenters. The second kappa shape index (κ2) is 12.3. The summed E-state index contributed by atoms with van der Waals surface area (Å²) in [5.74, 6) is -5.99. The van der Waals surface area contributed by atoms with Gasteiger partial charge in [-0.25, -0.2) is 8.78 Å². The number of carboxylic acid groups (broad SMARTS) is 1. The number of aliphatic carboxylic acids is 1. The molecular formula is C28H29F5N2O6. The minimum atomic E-state index is -4.94. The molecule has 2 aliphatic carbocycles. The number of rotatable bonds is 8. The van der Waals surface area contributed by atoms with Gasteiger partial charge in [0.1, 0.15) is 11.6 Å². The Balaban J connectivity index is 1.45. The predicted octanol–water partition coefficient (Wildman–Crippen LogP) is 5.55. The van der Waals surface area contributed by atoms with Gasteiger partial charge in [-0.1, -0.05) is 6.42 Å². The van der Waals surface area contributed by atoms with E-state index in [0.29, 0.717) is 57.1 Å². The molecule has 2 aromatic rings. The molecule has 3 N–H and O–H groups in total. The van der Waals surface area contributed by atoms with Crippen LogP contribution in [0.15, 0.2) is 30.3 Å². The van der Waals surface area contributed by atoms with Gasteiger partial charge in [-0.15, -0.1) is 0 Å². The highest BCUT2D eigenvalue weighted by Crippen LogP contribution is 2.35. The van der Waals surface area contributed by atoms with E-state index in [1.165, 1.54) is 13.2 Å². The van der Waals surface area contributed by atoms with Crippen LogP contribution >= 0.6 is 0 Å². The van der Waals surface area contributed by atoms with Crippen LogP contribution in [0.4, 0.5) is 27.6 Å². The topological polar surface area (TPSA) is 114 Å². The van der Waals surface area contributed by atoms with Crippen molar-refractivity contribution in [2.24, 2.45) is 11.8 Å². The molecule has 222 valence electrons. The summed E-state index contributed by atoms with van der Waals surface area (Å²) >= 11 is 0. The third-order valence-corrected chi connectivity index (χ3v) is 7.52. The lowest BCUT2D eigenvalue weighted by Crippen LogP contribution is -2.42. The zero-order valence-corrected chi connectivity index (χ0v) is 22.0. The Hall–Kier alpha value is -3.90. The number of alkyl halides is 3. The van der Waals surface area contributed by atoms with Crippen LogP contribution in [-0.4, -0.2) is 42.1 Å². The van der Waals surface area contributed by atoms with Crippen LogP contribution in [0.5, 0.6) is 11.5 Å². The van der Waals surface area contributed by atoms with Crippen molar-refractivity contribution in [1.29, 1.82) is 0 Å². The first kappa shape index (κ1) is 30.1. The van der Waals surface area contributed by atoms with Crippen LogP contribution in [0, 0.1) is 23.5 Å². The fourth-order valence-electron chi connectivity index (χ4n) is 5.33. The minimum Gasteiger partial charge on any atom is -0.496 e. The van der Waals surface area contributed by atoms with Crippen LogP contribution in [0.1, 0.15) is 60.9 Å². The lowest BCUT2D eigenvalue weighted by atomic mass is 9.87. The normalized spacial score (nSPS) is 22.6. The average Bonchev–Trinajstić information content (AvgIpc) is 3.38. The third-order valence-electron chi connectivity index (χ3n) is 7.52. The molecule has 0 bridgehead atoms. The maximum atomic E-state index is 14.8. The highest BCUT2D eigenvalue weighted by molar-refractivity contribution is 5.99. The molecule has 2 aliphatic rings. The number of ether oxygens (including phenoxy) is 2. The minimum absolute atomic E-state index is 0.0532. The molecule has 0 heterocycles. The summed E-state index contributed by atoms with van der Waals surface area (Å²) in [6.07, 6.45) is -2.51. The molecule has 0 spiro atoms. The molecule has 0 aliphatic heterocycles. The first-order valence-electron chi connectivity index (χ1n) is 13.1. The zero-order valence-electron chi connectivity index (χ0n) is 22.0. The van der Waals surface area contributed by atoms with Crippen molar-refractivity contribution in [3.63, 3.8) is 0 Å². The standard InChI is InChI=1S/C28H29F5N2O6/c1-40-23-13-21(30)24(41-16-8-5-14(6-9-16)27(38)39)12-18(23)26(37)35-22-4-2-3-17(22)25(36)34-15-7-10-20(29)19(11-15)28(31,32)33/h7,10-14,16-17,22H,2-6,8-9H2,1H3,(H,34,36)(H,35,37)(H,38,39). The van der Waals surface area contributed by atoms with Gasteiger partial charge in [0.15, 0.2) is 11.6 Å². The van der Waals surface area contributed by atoms with Crippen molar-refractivity contribution < 1.29 is 50.9 Å². The van der Waals surface area contributed by atoms with E-state index in [1.54, 1.807) is 0 Å². The zero-order chi connectivity index (χ0) is 29.9. The Bertz CT molecular complexity index is 1310. The number of hydrogen-bond donors (Lipinski definition) is 3. The van der Waals surface area contributed by atoms with Crippen LogP contribution in [0.3, 0.4) is 0 Å². The van der Waals surface area contributed by atoms with E-state index in [9.17, 15) is 36.3 Å². The molecule has 2 unspecified atom stereocenters. The van der Waals surface area contributed by atoms with Gasteiger partial charge in [0.2, 0.25) is 5.91 Å². The van der Waals surface area contributed by atoms with Gasteiger partial charge >= 0.3 is 12.1 Å². The summed E-state index contributed by atoms with van der Waals surface area (Å²) in [6.45, 7) is 0. The molecule has 41 heavy (non-hydrogen) atoms. The number of nitrogens with one attached hydrogen (secondary N) is 2. The predicted molar refractivity (Wildman–Crippen MR) is 136 cm³/mol. The summed E-state index contributed by atoms with van der Waals surface area (Å²) in [4.78, 5) is 37.4. The van der Waals surface area contributed by atoms with E-state index in [0.717, 1.165) is 12.1 Å². The van der Waals surface area contributed by atoms with E-state index >= 15 is 0 Å². The SMILES string of the molecule is COc1cc(F)c(OC2CCC(C(=O)O)CC2)cc1C(=O)NC1CCCC1C(=O)Nc1ccc(F)c(C(F)(F)F)c1. The number of hydrogen-bond acceptors (Lipinski definition) is 5. The van der Waals surface area contributed by atoms with Gasteiger partial charge < -0.3 is 25.2 Å². The number of anilines is 1. The number of carboxylic acids is 1. The van der Waals surface area contributed by atoms with E-state index < -0.39 is 65.1 Å². The number of benzene rings is 2. The van der Waals surface area contributed by atoms with E-state index in [4.69, 9.17) is 14.6 Å². The fraction of sp³-hybridized carbons (Fsp3) is 0.464. The Morgan fingerprint density at radius 3 is 2.27 bits per heavy atom. The highest BCUT2D eigenvalue weighted by atomic mass is 19.4. The van der Waals surface area contributed by atoms with Crippen molar-refractivity contribution in [3.05, 3.63) is 53.1 Å². The first-order chi connectivity index (χ1) is 19.4. The number of methoxy groups -OCH3 is 1. The quantitative estimate of drug-likeness (QED) is 0.351. The summed E-state index contributed by atoms with van der Waals surface area (Å²) in [5, 5.41) is 14.3. The van der Waals surface area contributed by atoms with E-state index in [1.807, 2.05) is 0 Å². The molecule has 0 saturated heterocycles. The summed E-state index contributed by atoms with van der Waals surface area (Å²) in [6, 6.07) is 3.64. The maximum Gasteiger partial charge on any atom is 0.419 e. The number of carbonyl (C=O) groups excluding carboxylic acids is 2.